The highest BCUT2D eigenvalue weighted by Gasteiger charge is 2.12. The van der Waals surface area contributed by atoms with Crippen LogP contribution in [0.15, 0.2) is 83.3 Å². The number of hydrogen-bond donors (Lipinski definition) is 4. The molecule has 0 bridgehead atoms. The number of halogens is 1. The van der Waals surface area contributed by atoms with Crippen LogP contribution in [0.1, 0.15) is 31.1 Å². The van der Waals surface area contributed by atoms with Crippen LogP contribution in [0.25, 0.3) is 0 Å². The Bertz CT molecular complexity index is 1120. The molecule has 156 valence electrons. The molecule has 3 rings (SSSR count). The van der Waals surface area contributed by atoms with Gasteiger partial charge in [0.25, 0.3) is 17.7 Å². The molecule has 0 saturated carbocycles. The van der Waals surface area contributed by atoms with E-state index < -0.39 is 11.8 Å². The molecular weight excluding hydrogens is 480 g/mol. The predicted molar refractivity (Wildman–Crippen MR) is 126 cm³/mol. The van der Waals surface area contributed by atoms with Crippen molar-refractivity contribution in [2.24, 2.45) is 0 Å². The number of benzene rings is 3. The third-order valence-electron chi connectivity index (χ3n) is 4.08. The summed E-state index contributed by atoms with van der Waals surface area (Å²) in [6.45, 7) is 0. The first kappa shape index (κ1) is 22.1. The van der Waals surface area contributed by atoms with E-state index in [0.29, 0.717) is 26.9 Å². The molecule has 0 radical (unpaired) electrons. The van der Waals surface area contributed by atoms with Crippen molar-refractivity contribution in [1.29, 1.82) is 0 Å². The van der Waals surface area contributed by atoms with Crippen molar-refractivity contribution in [3.05, 3.63) is 100 Å². The van der Waals surface area contributed by atoms with Crippen LogP contribution in [0.2, 0.25) is 0 Å². The third kappa shape index (κ3) is 6.21. The van der Waals surface area contributed by atoms with Gasteiger partial charge in [-0.05, 0) is 76.7 Å². The van der Waals surface area contributed by atoms with E-state index in [1.165, 1.54) is 0 Å². The Balaban J connectivity index is 1.50. The molecule has 0 unspecified atom stereocenters. The van der Waals surface area contributed by atoms with Gasteiger partial charge in [0.1, 0.15) is 0 Å². The van der Waals surface area contributed by atoms with Gasteiger partial charge in [-0.1, -0.05) is 30.3 Å². The fraction of sp³-hybridized carbons (Fsp3) is 0. The molecule has 0 fully saturated rings. The number of thiocarbonyl (C=S) groups is 1. The lowest BCUT2D eigenvalue weighted by Gasteiger charge is -2.12. The number of anilines is 1. The van der Waals surface area contributed by atoms with Crippen LogP contribution in [0.4, 0.5) is 5.69 Å². The molecule has 0 aliphatic carbocycles. The molecule has 3 aromatic rings. The largest absolute Gasteiger partial charge is 0.322 e. The van der Waals surface area contributed by atoms with E-state index in [-0.39, 0.29) is 11.0 Å². The van der Waals surface area contributed by atoms with Crippen molar-refractivity contribution < 1.29 is 14.4 Å². The number of carbonyl (C=O) groups is 3. The fourth-order valence-corrected chi connectivity index (χ4v) is 3.14. The van der Waals surface area contributed by atoms with E-state index in [2.05, 4.69) is 37.4 Å². The summed E-state index contributed by atoms with van der Waals surface area (Å²) in [5.74, 6) is -1.12. The van der Waals surface area contributed by atoms with Crippen LogP contribution in [-0.2, 0) is 0 Å². The Morgan fingerprint density at radius 1 is 0.677 bits per heavy atom. The van der Waals surface area contributed by atoms with Crippen LogP contribution in [0.5, 0.6) is 0 Å². The summed E-state index contributed by atoms with van der Waals surface area (Å²) < 4.78 is 0.624. The molecule has 3 amide bonds. The van der Waals surface area contributed by atoms with Gasteiger partial charge in [-0.2, -0.15) is 0 Å². The van der Waals surface area contributed by atoms with E-state index in [4.69, 9.17) is 12.2 Å². The van der Waals surface area contributed by atoms with Crippen LogP contribution < -0.4 is 21.5 Å². The number of amides is 3. The van der Waals surface area contributed by atoms with Gasteiger partial charge in [0, 0.05) is 21.3 Å². The molecule has 4 N–H and O–H groups in total. The van der Waals surface area contributed by atoms with Gasteiger partial charge in [0.2, 0.25) is 0 Å². The van der Waals surface area contributed by atoms with Gasteiger partial charge in [-0.25, -0.2) is 0 Å². The molecule has 31 heavy (non-hydrogen) atoms. The van der Waals surface area contributed by atoms with Crippen LogP contribution in [0, 0.1) is 0 Å². The maximum Gasteiger partial charge on any atom is 0.269 e. The summed E-state index contributed by atoms with van der Waals surface area (Å²) in [6, 6.07) is 22.0. The summed E-state index contributed by atoms with van der Waals surface area (Å²) in [5.41, 5.74) is 6.73. The SMILES string of the molecule is O=C(NNC(=S)NC(=O)c1ccccc1Br)c1ccc(NC(=O)c2ccccc2)cc1. The lowest BCUT2D eigenvalue weighted by molar-refractivity contribution is 0.0934. The Morgan fingerprint density at radius 2 is 1.29 bits per heavy atom. The summed E-state index contributed by atoms with van der Waals surface area (Å²) in [4.78, 5) is 36.6. The lowest BCUT2D eigenvalue weighted by atomic mass is 10.1. The molecule has 0 aliphatic rings. The highest BCUT2D eigenvalue weighted by atomic mass is 79.9. The van der Waals surface area contributed by atoms with Crippen LogP contribution in [-0.4, -0.2) is 22.8 Å². The second kappa shape index (κ2) is 10.5. The zero-order valence-corrected chi connectivity index (χ0v) is 18.4. The van der Waals surface area contributed by atoms with Crippen molar-refractivity contribution in [3.8, 4) is 0 Å². The summed E-state index contributed by atoms with van der Waals surface area (Å²) in [7, 11) is 0. The topological polar surface area (TPSA) is 99.3 Å². The van der Waals surface area contributed by atoms with Crippen molar-refractivity contribution >= 4 is 56.7 Å². The van der Waals surface area contributed by atoms with Gasteiger partial charge in [-0.15, -0.1) is 0 Å². The first-order chi connectivity index (χ1) is 14.9. The van der Waals surface area contributed by atoms with Gasteiger partial charge >= 0.3 is 0 Å². The molecule has 3 aromatic carbocycles. The van der Waals surface area contributed by atoms with E-state index in [0.717, 1.165) is 0 Å². The van der Waals surface area contributed by atoms with Crippen molar-refractivity contribution in [2.45, 2.75) is 0 Å². The molecule has 7 nitrogen and oxygen atoms in total. The maximum atomic E-state index is 12.3. The van der Waals surface area contributed by atoms with E-state index in [1.54, 1.807) is 72.8 Å². The van der Waals surface area contributed by atoms with Gasteiger partial charge in [0.15, 0.2) is 5.11 Å². The highest BCUT2D eigenvalue weighted by Crippen LogP contribution is 2.15. The van der Waals surface area contributed by atoms with Gasteiger partial charge < -0.3 is 5.32 Å². The Morgan fingerprint density at radius 3 is 1.97 bits per heavy atom. The Kier molecular flexibility index (Phi) is 7.47. The van der Waals surface area contributed by atoms with E-state index in [1.807, 2.05) is 6.07 Å². The molecule has 9 heteroatoms. The molecule has 0 aliphatic heterocycles. The number of hydrogen-bond acceptors (Lipinski definition) is 4. The first-order valence-corrected chi connectivity index (χ1v) is 10.3. The number of rotatable bonds is 4. The molecule has 0 aromatic heterocycles. The zero-order chi connectivity index (χ0) is 22.2. The zero-order valence-electron chi connectivity index (χ0n) is 16.0. The second-order valence-electron chi connectivity index (χ2n) is 6.24. The van der Waals surface area contributed by atoms with E-state index in [9.17, 15) is 14.4 Å². The average Bonchev–Trinajstić information content (AvgIpc) is 2.78. The number of nitrogens with one attached hydrogen (secondary N) is 4. The maximum absolute atomic E-state index is 12.3. The van der Waals surface area contributed by atoms with Crippen LogP contribution >= 0.6 is 28.1 Å². The first-order valence-electron chi connectivity index (χ1n) is 9.06. The highest BCUT2D eigenvalue weighted by molar-refractivity contribution is 9.10. The van der Waals surface area contributed by atoms with E-state index >= 15 is 0 Å². The minimum Gasteiger partial charge on any atom is -0.322 e. The molecule has 0 heterocycles. The van der Waals surface area contributed by atoms with Crippen molar-refractivity contribution in [2.75, 3.05) is 5.32 Å². The van der Waals surface area contributed by atoms with Gasteiger partial charge in [0.05, 0.1) is 5.56 Å². The fourth-order valence-electron chi connectivity index (χ4n) is 2.53. The lowest BCUT2D eigenvalue weighted by Crippen LogP contribution is -2.48. The monoisotopic (exact) mass is 496 g/mol. The third-order valence-corrected chi connectivity index (χ3v) is 4.97. The summed E-state index contributed by atoms with van der Waals surface area (Å²) in [5, 5.41) is 5.18. The quantitative estimate of drug-likeness (QED) is 0.326. The summed E-state index contributed by atoms with van der Waals surface area (Å²) in [6.07, 6.45) is 0. The molecule has 0 saturated heterocycles. The Labute approximate surface area is 192 Å². The second-order valence-corrected chi connectivity index (χ2v) is 7.50. The molecule has 0 spiro atoms. The predicted octanol–water partition coefficient (Wildman–Crippen LogP) is 3.65. The van der Waals surface area contributed by atoms with Crippen molar-refractivity contribution in [1.82, 2.24) is 16.2 Å². The average molecular weight is 497 g/mol. The number of hydrazine groups is 1. The molecule has 0 atom stereocenters. The normalized spacial score (nSPS) is 9.97. The van der Waals surface area contributed by atoms with Crippen LogP contribution in [0.3, 0.4) is 0 Å². The van der Waals surface area contributed by atoms with Gasteiger partial charge in [-0.3, -0.25) is 30.6 Å². The van der Waals surface area contributed by atoms with Crippen molar-refractivity contribution in [3.63, 3.8) is 0 Å². The number of carbonyl (C=O) groups excluding carboxylic acids is 3. The summed E-state index contributed by atoms with van der Waals surface area (Å²) >= 11 is 8.33. The minimum absolute atomic E-state index is 0.0548. The Hall–Kier alpha value is -3.56. The molecular formula is C22H17BrN4O3S. The smallest absolute Gasteiger partial charge is 0.269 e. The standard InChI is InChI=1S/C22H17BrN4O3S/c23-18-9-5-4-8-17(18)21(30)25-22(31)27-26-20(29)15-10-12-16(13-11-15)24-19(28)14-6-2-1-3-7-14/h1-13H,(H,24,28)(H,26,29)(H2,25,27,30,31). The minimum atomic E-state index is -0.460.